The first-order chi connectivity index (χ1) is 15.7. The minimum atomic E-state index is -0.0550. The fourth-order valence-corrected chi connectivity index (χ4v) is 5.69. The molecule has 3 aromatic rings. The molecule has 33 heavy (non-hydrogen) atoms. The lowest BCUT2D eigenvalue weighted by atomic mass is 9.91. The van der Waals surface area contributed by atoms with E-state index in [1.165, 1.54) is 28.2 Å². The van der Waals surface area contributed by atoms with Crippen molar-refractivity contribution in [1.29, 1.82) is 0 Å². The van der Waals surface area contributed by atoms with Crippen LogP contribution in [0.2, 0.25) is 0 Å². The van der Waals surface area contributed by atoms with Gasteiger partial charge in [-0.15, -0.1) is 0 Å². The molecule has 0 unspecified atom stereocenters. The molecular weight excluding hydrogens is 476 g/mol. The zero-order valence-electron chi connectivity index (χ0n) is 19.8. The fourth-order valence-electron chi connectivity index (χ4n) is 5.12. The SMILES string of the molecule is C=CC(=O)N1CC(CC(=O)Cn2c(C)c(-c3ccccc3C(C)C)c3cc(Br)cc(C)c32)C1. The summed E-state index contributed by atoms with van der Waals surface area (Å²) in [6, 6.07) is 12.9. The van der Waals surface area contributed by atoms with Crippen molar-refractivity contribution in [3.05, 3.63) is 70.3 Å². The van der Waals surface area contributed by atoms with Crippen LogP contribution in [-0.2, 0) is 16.1 Å². The Labute approximate surface area is 204 Å². The summed E-state index contributed by atoms with van der Waals surface area (Å²) in [5, 5.41) is 1.17. The average molecular weight is 507 g/mol. The molecule has 0 aliphatic carbocycles. The first-order valence-corrected chi connectivity index (χ1v) is 12.3. The maximum absolute atomic E-state index is 13.1. The topological polar surface area (TPSA) is 42.3 Å². The number of benzene rings is 2. The molecule has 172 valence electrons. The molecule has 1 saturated heterocycles. The van der Waals surface area contributed by atoms with E-state index < -0.39 is 0 Å². The molecule has 0 N–H and O–H groups in total. The van der Waals surface area contributed by atoms with Crippen molar-refractivity contribution in [2.24, 2.45) is 5.92 Å². The van der Waals surface area contributed by atoms with Crippen molar-refractivity contribution in [2.45, 2.75) is 46.6 Å². The Bertz CT molecular complexity index is 1250. The second-order valence-electron chi connectivity index (χ2n) is 9.46. The normalized spacial score (nSPS) is 14.1. The first-order valence-electron chi connectivity index (χ1n) is 11.5. The second-order valence-corrected chi connectivity index (χ2v) is 10.4. The van der Waals surface area contributed by atoms with Crippen LogP contribution >= 0.6 is 15.9 Å². The van der Waals surface area contributed by atoms with Crippen LogP contribution in [0.25, 0.3) is 22.0 Å². The number of carbonyl (C=O) groups excluding carboxylic acids is 2. The van der Waals surface area contributed by atoms with Gasteiger partial charge in [0.1, 0.15) is 0 Å². The number of likely N-dealkylation sites (tertiary alicyclic amines) is 1. The lowest BCUT2D eigenvalue weighted by molar-refractivity contribution is -0.134. The molecule has 0 saturated carbocycles. The van der Waals surface area contributed by atoms with E-state index in [-0.39, 0.29) is 17.6 Å². The summed E-state index contributed by atoms with van der Waals surface area (Å²) in [5.41, 5.74) is 7.13. The van der Waals surface area contributed by atoms with E-state index in [0.29, 0.717) is 32.0 Å². The smallest absolute Gasteiger partial charge is 0.245 e. The Hall–Kier alpha value is -2.66. The first kappa shape index (κ1) is 23.5. The van der Waals surface area contributed by atoms with Crippen LogP contribution in [0.1, 0.15) is 43.0 Å². The summed E-state index contributed by atoms with van der Waals surface area (Å²) >= 11 is 3.68. The molecule has 1 aliphatic rings. The van der Waals surface area contributed by atoms with Crippen LogP contribution in [0.5, 0.6) is 0 Å². The summed E-state index contributed by atoms with van der Waals surface area (Å²) in [5.74, 6) is 0.783. The van der Waals surface area contributed by atoms with Gasteiger partial charge in [-0.3, -0.25) is 9.59 Å². The minimum absolute atomic E-state index is 0.0550. The van der Waals surface area contributed by atoms with Crippen molar-refractivity contribution in [1.82, 2.24) is 9.47 Å². The van der Waals surface area contributed by atoms with Gasteiger partial charge in [-0.05, 0) is 54.7 Å². The second kappa shape index (κ2) is 9.30. The lowest BCUT2D eigenvalue weighted by Gasteiger charge is -2.38. The van der Waals surface area contributed by atoms with Crippen LogP contribution in [0.3, 0.4) is 0 Å². The number of aromatic nitrogens is 1. The quantitative estimate of drug-likeness (QED) is 0.347. The summed E-state index contributed by atoms with van der Waals surface area (Å²) in [6.45, 7) is 13.8. The Kier molecular flexibility index (Phi) is 6.62. The molecular formula is C28H31BrN2O2. The zero-order chi connectivity index (χ0) is 23.9. The number of ketones is 1. The van der Waals surface area contributed by atoms with Crippen molar-refractivity contribution in [3.63, 3.8) is 0 Å². The Morgan fingerprint density at radius 1 is 1.18 bits per heavy atom. The molecule has 5 heteroatoms. The van der Waals surface area contributed by atoms with Crippen LogP contribution in [0, 0.1) is 19.8 Å². The maximum atomic E-state index is 13.1. The Morgan fingerprint density at radius 3 is 2.55 bits per heavy atom. The number of fused-ring (bicyclic) bond motifs is 1. The molecule has 1 aromatic heterocycles. The minimum Gasteiger partial charge on any atom is -0.338 e. The van der Waals surface area contributed by atoms with E-state index in [1.54, 1.807) is 4.90 Å². The molecule has 1 amide bonds. The lowest BCUT2D eigenvalue weighted by Crippen LogP contribution is -2.50. The third kappa shape index (κ3) is 4.43. The van der Waals surface area contributed by atoms with Crippen LogP contribution < -0.4 is 0 Å². The van der Waals surface area contributed by atoms with Gasteiger partial charge >= 0.3 is 0 Å². The van der Waals surface area contributed by atoms with Crippen molar-refractivity contribution >= 4 is 38.5 Å². The number of amides is 1. The molecule has 1 aliphatic heterocycles. The van der Waals surface area contributed by atoms with E-state index in [1.807, 2.05) is 0 Å². The summed E-state index contributed by atoms with van der Waals surface area (Å²) in [7, 11) is 0. The van der Waals surface area contributed by atoms with Gasteiger partial charge in [-0.2, -0.15) is 0 Å². The number of Topliss-reactive ketones (excluding diaryl/α,β-unsaturated/α-hetero) is 1. The van der Waals surface area contributed by atoms with E-state index in [4.69, 9.17) is 0 Å². The van der Waals surface area contributed by atoms with E-state index in [9.17, 15) is 9.59 Å². The van der Waals surface area contributed by atoms with Gasteiger partial charge in [0.2, 0.25) is 5.91 Å². The Morgan fingerprint density at radius 2 is 1.88 bits per heavy atom. The van der Waals surface area contributed by atoms with E-state index >= 15 is 0 Å². The highest BCUT2D eigenvalue weighted by molar-refractivity contribution is 9.10. The van der Waals surface area contributed by atoms with Gasteiger partial charge in [-0.1, -0.05) is 60.6 Å². The van der Waals surface area contributed by atoms with Crippen molar-refractivity contribution in [3.8, 4) is 11.1 Å². The van der Waals surface area contributed by atoms with Crippen LogP contribution in [0.4, 0.5) is 0 Å². The number of hydrogen-bond acceptors (Lipinski definition) is 2. The van der Waals surface area contributed by atoms with Gasteiger partial charge < -0.3 is 9.47 Å². The van der Waals surface area contributed by atoms with E-state index in [0.717, 1.165) is 21.2 Å². The van der Waals surface area contributed by atoms with Crippen molar-refractivity contribution < 1.29 is 9.59 Å². The molecule has 0 bridgehead atoms. The zero-order valence-corrected chi connectivity index (χ0v) is 21.4. The molecule has 4 rings (SSSR count). The number of rotatable bonds is 7. The monoisotopic (exact) mass is 506 g/mol. The largest absolute Gasteiger partial charge is 0.338 e. The molecule has 4 nitrogen and oxygen atoms in total. The standard InChI is InChI=1S/C28H31BrN2O2/c1-6-26(33)30-14-20(15-30)12-22(32)16-31-19(5)27(24-10-8-7-9-23(24)17(2)3)25-13-21(29)11-18(4)28(25)31/h6-11,13,17,20H,1,12,14-16H2,2-5H3. The molecule has 2 aromatic carbocycles. The maximum Gasteiger partial charge on any atom is 0.245 e. The highest BCUT2D eigenvalue weighted by atomic mass is 79.9. The molecule has 0 spiro atoms. The van der Waals surface area contributed by atoms with Gasteiger partial charge in [0, 0.05) is 46.5 Å². The highest BCUT2D eigenvalue weighted by Crippen LogP contribution is 2.41. The summed E-state index contributed by atoms with van der Waals surface area (Å²) < 4.78 is 3.23. The average Bonchev–Trinajstić information content (AvgIpc) is 3.01. The predicted molar refractivity (Wildman–Crippen MR) is 139 cm³/mol. The number of hydrogen-bond donors (Lipinski definition) is 0. The van der Waals surface area contributed by atoms with E-state index in [2.05, 4.69) is 91.2 Å². The molecule has 0 atom stereocenters. The third-order valence-electron chi connectivity index (χ3n) is 6.72. The Balaban J connectivity index is 1.71. The van der Waals surface area contributed by atoms with Gasteiger partial charge in [-0.25, -0.2) is 0 Å². The summed E-state index contributed by atoms with van der Waals surface area (Å²) in [6.07, 6.45) is 1.83. The molecule has 2 heterocycles. The summed E-state index contributed by atoms with van der Waals surface area (Å²) in [4.78, 5) is 26.5. The van der Waals surface area contributed by atoms with Crippen LogP contribution in [0.15, 0.2) is 53.5 Å². The number of carbonyl (C=O) groups is 2. The van der Waals surface area contributed by atoms with Gasteiger partial charge in [0.25, 0.3) is 0 Å². The molecule has 0 radical (unpaired) electrons. The number of aryl methyl sites for hydroxylation is 1. The van der Waals surface area contributed by atoms with Crippen molar-refractivity contribution in [2.75, 3.05) is 13.1 Å². The third-order valence-corrected chi connectivity index (χ3v) is 7.18. The number of nitrogens with zero attached hydrogens (tertiary/aromatic N) is 2. The predicted octanol–water partition coefficient (Wildman–Crippen LogP) is 6.41. The van der Waals surface area contributed by atoms with Crippen LogP contribution in [-0.4, -0.2) is 34.2 Å². The van der Waals surface area contributed by atoms with Gasteiger partial charge in [0.15, 0.2) is 5.78 Å². The molecule has 1 fully saturated rings. The number of halogens is 1. The highest BCUT2D eigenvalue weighted by Gasteiger charge is 2.31. The van der Waals surface area contributed by atoms with Gasteiger partial charge in [0.05, 0.1) is 12.1 Å². The fraction of sp³-hybridized carbons (Fsp3) is 0.357.